The standard InChI is InChI=1S/C18H20ClFN9O6P/c19-11-2-4-12(5-3-11)35-36(32,24-7-1-6-23-27-21)33-10-15-14(26-28-22)8-16(34-15)29-9-13(20)17(30)25-18(29)31/h2-5,9,14-16H,1,6-8,10H2,(H,24,32)(H,25,30,31)/t14?,15-,16-,36?/m1/s1. The van der Waals surface area contributed by atoms with Gasteiger partial charge in [-0.1, -0.05) is 21.8 Å². The van der Waals surface area contributed by atoms with Gasteiger partial charge in [0.05, 0.1) is 24.9 Å². The number of azide groups is 2. The highest BCUT2D eigenvalue weighted by atomic mass is 35.5. The van der Waals surface area contributed by atoms with Crippen molar-refractivity contribution in [2.24, 2.45) is 10.2 Å². The van der Waals surface area contributed by atoms with E-state index in [-0.39, 0.29) is 25.3 Å². The molecule has 2 N–H and O–H groups in total. The summed E-state index contributed by atoms with van der Waals surface area (Å²) in [6, 6.07) is 5.11. The zero-order valence-corrected chi connectivity index (χ0v) is 20.1. The molecule has 18 heteroatoms. The number of aromatic amines is 1. The van der Waals surface area contributed by atoms with E-state index in [9.17, 15) is 18.5 Å². The van der Waals surface area contributed by atoms with Crippen molar-refractivity contribution in [3.63, 3.8) is 0 Å². The summed E-state index contributed by atoms with van der Waals surface area (Å²) in [6.45, 7) is -0.167. The van der Waals surface area contributed by atoms with Crippen LogP contribution in [-0.4, -0.2) is 41.4 Å². The lowest BCUT2D eigenvalue weighted by Gasteiger charge is -2.23. The summed E-state index contributed by atoms with van der Waals surface area (Å²) in [6.07, 6.45) is -1.14. The van der Waals surface area contributed by atoms with Gasteiger partial charge in [-0.3, -0.25) is 18.9 Å². The van der Waals surface area contributed by atoms with Crippen LogP contribution in [0.3, 0.4) is 0 Å². The summed E-state index contributed by atoms with van der Waals surface area (Å²) in [5, 5.41) is 10.1. The van der Waals surface area contributed by atoms with Crippen LogP contribution in [0.15, 0.2) is 50.3 Å². The number of rotatable bonds is 12. The minimum absolute atomic E-state index is 0.0502. The fourth-order valence-corrected chi connectivity index (χ4v) is 4.73. The van der Waals surface area contributed by atoms with Crippen molar-refractivity contribution in [2.75, 3.05) is 19.7 Å². The number of benzene rings is 1. The van der Waals surface area contributed by atoms with E-state index in [0.717, 1.165) is 4.57 Å². The Bertz CT molecular complexity index is 1330. The Hall–Kier alpha value is -3.35. The molecule has 0 bridgehead atoms. The number of hydrogen-bond acceptors (Lipinski definition) is 8. The summed E-state index contributed by atoms with van der Waals surface area (Å²) in [7, 11) is -4.04. The van der Waals surface area contributed by atoms with Gasteiger partial charge < -0.3 is 9.26 Å². The molecule has 3 rings (SSSR count). The largest absolute Gasteiger partial charge is 0.458 e. The van der Waals surface area contributed by atoms with Crippen molar-refractivity contribution in [3.8, 4) is 5.75 Å². The topological polar surface area (TPSA) is 209 Å². The predicted molar refractivity (Wildman–Crippen MR) is 125 cm³/mol. The number of aromatic nitrogens is 2. The van der Waals surface area contributed by atoms with Crippen LogP contribution in [0, 0.1) is 5.82 Å². The van der Waals surface area contributed by atoms with Crippen LogP contribution in [0.5, 0.6) is 5.75 Å². The molecule has 1 saturated heterocycles. The summed E-state index contributed by atoms with van der Waals surface area (Å²) >= 11 is 5.87. The Kier molecular flexibility index (Phi) is 9.51. The van der Waals surface area contributed by atoms with Gasteiger partial charge in [-0.15, -0.1) is 0 Å². The van der Waals surface area contributed by atoms with Crippen LogP contribution in [0.25, 0.3) is 20.9 Å². The van der Waals surface area contributed by atoms with E-state index >= 15 is 0 Å². The lowest BCUT2D eigenvalue weighted by Crippen LogP contribution is -2.34. The molecule has 1 aliphatic rings. The number of nitrogens with zero attached hydrogens (tertiary/aromatic N) is 7. The fourth-order valence-electron chi connectivity index (χ4n) is 3.22. The second-order valence-electron chi connectivity index (χ2n) is 7.34. The molecule has 0 spiro atoms. The van der Waals surface area contributed by atoms with Gasteiger partial charge in [0.1, 0.15) is 12.0 Å². The summed E-state index contributed by atoms with van der Waals surface area (Å²) < 4.78 is 44.7. The first-order valence-electron chi connectivity index (χ1n) is 10.4. The number of hydrogen-bond donors (Lipinski definition) is 2. The van der Waals surface area contributed by atoms with Gasteiger partial charge in [-0.2, -0.15) is 4.39 Å². The molecule has 2 unspecified atom stereocenters. The van der Waals surface area contributed by atoms with Gasteiger partial charge in [0.15, 0.2) is 0 Å². The molecule has 1 aliphatic heterocycles. The second kappa shape index (κ2) is 12.6. The summed E-state index contributed by atoms with van der Waals surface area (Å²) in [5.74, 6) is -1.03. The van der Waals surface area contributed by atoms with Gasteiger partial charge in [0.25, 0.3) is 5.56 Å². The van der Waals surface area contributed by atoms with E-state index in [4.69, 9.17) is 36.4 Å². The van der Waals surface area contributed by atoms with Gasteiger partial charge >= 0.3 is 13.4 Å². The van der Waals surface area contributed by atoms with E-state index in [1.807, 2.05) is 4.98 Å². The number of halogens is 2. The molecule has 0 saturated carbocycles. The number of ether oxygens (including phenoxy) is 1. The van der Waals surface area contributed by atoms with Gasteiger partial charge in [-0.05, 0) is 41.7 Å². The average Bonchev–Trinajstić information content (AvgIpc) is 3.24. The molecule has 192 valence electrons. The number of H-pyrrole nitrogens is 1. The van der Waals surface area contributed by atoms with E-state index in [1.165, 1.54) is 24.3 Å². The zero-order valence-electron chi connectivity index (χ0n) is 18.4. The highest BCUT2D eigenvalue weighted by Crippen LogP contribution is 2.45. The third-order valence-electron chi connectivity index (χ3n) is 4.89. The van der Waals surface area contributed by atoms with Crippen LogP contribution >= 0.6 is 19.3 Å². The highest BCUT2D eigenvalue weighted by molar-refractivity contribution is 7.52. The molecule has 36 heavy (non-hydrogen) atoms. The lowest BCUT2D eigenvalue weighted by molar-refractivity contribution is -0.0244. The molecule has 1 fully saturated rings. The number of nitrogens with one attached hydrogen (secondary N) is 2. The van der Waals surface area contributed by atoms with Crippen LogP contribution in [0.4, 0.5) is 4.39 Å². The monoisotopic (exact) mass is 543 g/mol. The Balaban J connectivity index is 1.75. The molecule has 1 aromatic heterocycles. The highest BCUT2D eigenvalue weighted by Gasteiger charge is 2.39. The average molecular weight is 544 g/mol. The maximum absolute atomic E-state index is 13.7. The van der Waals surface area contributed by atoms with Crippen molar-refractivity contribution < 1.29 is 22.7 Å². The van der Waals surface area contributed by atoms with Crippen molar-refractivity contribution in [2.45, 2.75) is 31.2 Å². The summed E-state index contributed by atoms with van der Waals surface area (Å²) in [4.78, 5) is 30.6. The molecule has 0 aliphatic carbocycles. The third kappa shape index (κ3) is 7.33. The van der Waals surface area contributed by atoms with E-state index < -0.39 is 49.8 Å². The molecule has 4 atom stereocenters. The Morgan fingerprint density at radius 2 is 2.06 bits per heavy atom. The lowest BCUT2D eigenvalue weighted by atomic mass is 10.1. The third-order valence-corrected chi connectivity index (χ3v) is 6.69. The first kappa shape index (κ1) is 27.2. The SMILES string of the molecule is [N-]=[N+]=NCCCNP(=O)(OC[C@H]1O[C@@H](n2cc(F)c(=O)[nH]c2=O)CC1N=[N+]=[N-])Oc1ccc(Cl)cc1. The van der Waals surface area contributed by atoms with Crippen LogP contribution in [-0.2, 0) is 13.8 Å². The molecule has 2 heterocycles. The molecule has 15 nitrogen and oxygen atoms in total. The van der Waals surface area contributed by atoms with Crippen molar-refractivity contribution in [1.29, 1.82) is 0 Å². The predicted octanol–water partition coefficient (Wildman–Crippen LogP) is 3.79. The molecule has 0 radical (unpaired) electrons. The quantitative estimate of drug-likeness (QED) is 0.133. The van der Waals surface area contributed by atoms with E-state index in [2.05, 4.69) is 25.1 Å². The van der Waals surface area contributed by atoms with Gasteiger partial charge in [0, 0.05) is 34.4 Å². The van der Waals surface area contributed by atoms with Crippen LogP contribution in [0.2, 0.25) is 5.02 Å². The van der Waals surface area contributed by atoms with Gasteiger partial charge in [-0.25, -0.2) is 14.4 Å². The minimum Gasteiger partial charge on any atom is -0.413 e. The zero-order chi connectivity index (χ0) is 26.1. The minimum atomic E-state index is -4.04. The Morgan fingerprint density at radius 3 is 2.75 bits per heavy atom. The first-order valence-corrected chi connectivity index (χ1v) is 12.3. The van der Waals surface area contributed by atoms with Crippen molar-refractivity contribution in [3.05, 3.63) is 83.0 Å². The summed E-state index contributed by atoms with van der Waals surface area (Å²) in [5.41, 5.74) is 15.2. The molecular formula is C18H20ClFN9O6P. The first-order chi connectivity index (χ1) is 17.2. The second-order valence-corrected chi connectivity index (χ2v) is 9.52. The Labute approximate surface area is 207 Å². The van der Waals surface area contributed by atoms with Crippen molar-refractivity contribution >= 4 is 19.3 Å². The maximum Gasteiger partial charge on any atom is 0.458 e. The Morgan fingerprint density at radius 1 is 1.31 bits per heavy atom. The van der Waals surface area contributed by atoms with Gasteiger partial charge in [0.2, 0.25) is 5.82 Å². The van der Waals surface area contributed by atoms with Crippen molar-refractivity contribution in [1.82, 2.24) is 14.6 Å². The maximum atomic E-state index is 13.7. The molecular weight excluding hydrogens is 524 g/mol. The van der Waals surface area contributed by atoms with Crippen LogP contribution in [0.1, 0.15) is 19.1 Å². The normalized spacial score (nSPS) is 20.7. The smallest absolute Gasteiger partial charge is 0.413 e. The fraction of sp³-hybridized carbons (Fsp3) is 0.444. The van der Waals surface area contributed by atoms with E-state index in [0.29, 0.717) is 17.6 Å². The van der Waals surface area contributed by atoms with E-state index in [1.54, 1.807) is 0 Å². The van der Waals surface area contributed by atoms with Crippen LogP contribution < -0.4 is 20.9 Å². The molecule has 2 aromatic rings. The molecule has 0 amide bonds. The molecule has 1 aromatic carbocycles.